The average Bonchev–Trinajstić information content (AvgIpc) is 2.99. The monoisotopic (exact) mass is 420 g/mol. The van der Waals surface area contributed by atoms with Crippen LogP contribution in [0.1, 0.15) is 48.4 Å². The molecule has 1 aromatic heterocycles. The van der Waals surface area contributed by atoms with Crippen LogP contribution in [0.2, 0.25) is 10.0 Å². The van der Waals surface area contributed by atoms with Crippen LogP contribution < -0.4 is 10.6 Å². The molecule has 0 fully saturated rings. The first-order valence-electron chi connectivity index (χ1n) is 8.25. The second kappa shape index (κ2) is 7.24. The molecule has 2 heterocycles. The van der Waals surface area contributed by atoms with Crippen LogP contribution in [0.15, 0.2) is 24.3 Å². The lowest BCUT2D eigenvalue weighted by atomic mass is 9.97. The van der Waals surface area contributed by atoms with E-state index in [0.29, 0.717) is 10.6 Å². The lowest BCUT2D eigenvalue weighted by Gasteiger charge is -2.33. The summed E-state index contributed by atoms with van der Waals surface area (Å²) >= 11 is 11.9. The standard InChI is InChI=1S/C17H17Cl2F3N4O/c1-8(2)23-16(27)13-7-15-24-12(9-3-4-10(18)11(19)5-9)6-14(17(20,21)22)26(15)25-13/h3-5,7-8,12,14,24H,6H2,1-2H3,(H,23,27)/t12-,14-/m0/s1. The van der Waals surface area contributed by atoms with E-state index in [0.717, 1.165) is 4.68 Å². The SMILES string of the molecule is CC(C)NC(=O)c1cc2n(n1)[C@H](C(F)(F)F)C[C@@H](c1ccc(Cl)c(Cl)c1)N2. The largest absolute Gasteiger partial charge is 0.410 e. The number of anilines is 1. The summed E-state index contributed by atoms with van der Waals surface area (Å²) < 4.78 is 41.7. The van der Waals surface area contributed by atoms with Crippen molar-refractivity contribution in [2.75, 3.05) is 5.32 Å². The quantitative estimate of drug-likeness (QED) is 0.735. The Morgan fingerprint density at radius 2 is 2.00 bits per heavy atom. The zero-order chi connectivity index (χ0) is 19.9. The number of halogens is 5. The third-order valence-electron chi connectivity index (χ3n) is 4.19. The molecule has 0 aliphatic carbocycles. The highest BCUT2D eigenvalue weighted by atomic mass is 35.5. The molecule has 2 atom stereocenters. The number of fused-ring (bicyclic) bond motifs is 1. The van der Waals surface area contributed by atoms with E-state index in [1.807, 2.05) is 0 Å². The van der Waals surface area contributed by atoms with Gasteiger partial charge < -0.3 is 10.6 Å². The molecule has 0 unspecified atom stereocenters. The molecule has 146 valence electrons. The average molecular weight is 421 g/mol. The van der Waals surface area contributed by atoms with Crippen LogP contribution in [-0.4, -0.2) is 27.9 Å². The molecule has 0 saturated carbocycles. The Morgan fingerprint density at radius 3 is 2.59 bits per heavy atom. The maximum absolute atomic E-state index is 13.6. The van der Waals surface area contributed by atoms with Crippen molar-refractivity contribution in [2.24, 2.45) is 0 Å². The van der Waals surface area contributed by atoms with Crippen LogP contribution >= 0.6 is 23.2 Å². The maximum Gasteiger partial charge on any atom is 0.410 e. The number of nitrogens with zero attached hydrogens (tertiary/aromatic N) is 2. The van der Waals surface area contributed by atoms with Gasteiger partial charge in [-0.2, -0.15) is 18.3 Å². The number of carbonyl (C=O) groups excluding carboxylic acids is 1. The topological polar surface area (TPSA) is 59.0 Å². The number of carbonyl (C=O) groups is 1. The molecule has 10 heteroatoms. The summed E-state index contributed by atoms with van der Waals surface area (Å²) in [6.07, 6.45) is -4.81. The Morgan fingerprint density at radius 1 is 1.30 bits per heavy atom. The molecule has 0 radical (unpaired) electrons. The summed E-state index contributed by atoms with van der Waals surface area (Å²) in [4.78, 5) is 12.1. The Bertz CT molecular complexity index is 866. The highest BCUT2D eigenvalue weighted by Gasteiger charge is 2.46. The zero-order valence-corrected chi connectivity index (χ0v) is 16.0. The van der Waals surface area contributed by atoms with Gasteiger partial charge in [-0.25, -0.2) is 4.68 Å². The fraction of sp³-hybridized carbons (Fsp3) is 0.412. The van der Waals surface area contributed by atoms with E-state index in [1.165, 1.54) is 18.2 Å². The van der Waals surface area contributed by atoms with Gasteiger partial charge in [-0.3, -0.25) is 4.79 Å². The molecular formula is C17H17Cl2F3N4O. The summed E-state index contributed by atoms with van der Waals surface area (Å²) in [7, 11) is 0. The van der Waals surface area contributed by atoms with Crippen LogP contribution in [0.4, 0.5) is 19.0 Å². The van der Waals surface area contributed by atoms with Crippen LogP contribution in [0.3, 0.4) is 0 Å². The molecule has 27 heavy (non-hydrogen) atoms. The number of aromatic nitrogens is 2. The summed E-state index contributed by atoms with van der Waals surface area (Å²) in [5.41, 5.74) is 0.495. The van der Waals surface area contributed by atoms with Crippen molar-refractivity contribution in [3.05, 3.63) is 45.6 Å². The van der Waals surface area contributed by atoms with Crippen molar-refractivity contribution in [3.63, 3.8) is 0 Å². The minimum absolute atomic E-state index is 0.0739. The second-order valence-corrected chi connectivity index (χ2v) is 7.47. The lowest BCUT2D eigenvalue weighted by Crippen LogP contribution is -2.36. The molecule has 0 spiro atoms. The highest BCUT2D eigenvalue weighted by Crippen LogP contribution is 2.44. The zero-order valence-electron chi connectivity index (χ0n) is 14.4. The van der Waals surface area contributed by atoms with Gasteiger partial charge >= 0.3 is 6.18 Å². The fourth-order valence-electron chi connectivity index (χ4n) is 2.97. The van der Waals surface area contributed by atoms with Gasteiger partial charge in [0.2, 0.25) is 0 Å². The van der Waals surface area contributed by atoms with Crippen LogP contribution in [0.25, 0.3) is 0 Å². The van der Waals surface area contributed by atoms with E-state index < -0.39 is 24.2 Å². The Kier molecular flexibility index (Phi) is 5.31. The number of hydrogen-bond acceptors (Lipinski definition) is 3. The van der Waals surface area contributed by atoms with Gasteiger partial charge in [0.25, 0.3) is 5.91 Å². The van der Waals surface area contributed by atoms with Crippen molar-refractivity contribution in [2.45, 2.75) is 44.6 Å². The van der Waals surface area contributed by atoms with E-state index in [4.69, 9.17) is 23.2 Å². The molecule has 1 aliphatic heterocycles. The number of benzene rings is 1. The van der Waals surface area contributed by atoms with Crippen LogP contribution in [-0.2, 0) is 0 Å². The van der Waals surface area contributed by atoms with Crippen molar-refractivity contribution in [3.8, 4) is 0 Å². The first-order chi connectivity index (χ1) is 12.6. The minimum atomic E-state index is -4.52. The summed E-state index contributed by atoms with van der Waals surface area (Å²) in [6.45, 7) is 3.51. The predicted octanol–water partition coefficient (Wildman–Crippen LogP) is 4.99. The van der Waals surface area contributed by atoms with Crippen LogP contribution in [0.5, 0.6) is 0 Å². The van der Waals surface area contributed by atoms with E-state index >= 15 is 0 Å². The molecule has 1 aliphatic rings. The fourth-order valence-corrected chi connectivity index (χ4v) is 3.27. The first-order valence-corrected chi connectivity index (χ1v) is 9.00. The number of hydrogen-bond donors (Lipinski definition) is 2. The third kappa shape index (κ3) is 4.16. The van der Waals surface area contributed by atoms with Gasteiger partial charge in [0.1, 0.15) is 5.82 Å². The molecule has 5 nitrogen and oxygen atoms in total. The first kappa shape index (κ1) is 19.8. The van der Waals surface area contributed by atoms with E-state index in [-0.39, 0.29) is 29.0 Å². The summed E-state index contributed by atoms with van der Waals surface area (Å²) in [5, 5.41) is 10.1. The number of rotatable bonds is 3. The van der Waals surface area contributed by atoms with E-state index in [9.17, 15) is 18.0 Å². The second-order valence-electron chi connectivity index (χ2n) is 6.65. The van der Waals surface area contributed by atoms with Crippen molar-refractivity contribution in [1.82, 2.24) is 15.1 Å². The highest BCUT2D eigenvalue weighted by molar-refractivity contribution is 6.42. The Balaban J connectivity index is 1.98. The molecule has 0 bridgehead atoms. The predicted molar refractivity (Wildman–Crippen MR) is 97.4 cm³/mol. The number of alkyl halides is 3. The number of amides is 1. The lowest BCUT2D eigenvalue weighted by molar-refractivity contribution is -0.173. The van der Waals surface area contributed by atoms with E-state index in [2.05, 4.69) is 15.7 Å². The molecule has 0 saturated heterocycles. The van der Waals surface area contributed by atoms with E-state index in [1.54, 1.807) is 19.9 Å². The third-order valence-corrected chi connectivity index (χ3v) is 4.93. The molecule has 1 aromatic carbocycles. The smallest absolute Gasteiger partial charge is 0.363 e. The molecule has 3 rings (SSSR count). The van der Waals surface area contributed by atoms with Crippen LogP contribution in [0, 0.1) is 0 Å². The van der Waals surface area contributed by atoms with Gasteiger partial charge in [0, 0.05) is 18.5 Å². The van der Waals surface area contributed by atoms with Gasteiger partial charge in [-0.1, -0.05) is 29.3 Å². The molecule has 1 amide bonds. The van der Waals surface area contributed by atoms with Crippen molar-refractivity contribution >= 4 is 34.9 Å². The van der Waals surface area contributed by atoms with Gasteiger partial charge in [0.05, 0.1) is 16.1 Å². The Hall–Kier alpha value is -1.93. The maximum atomic E-state index is 13.6. The Labute approximate surface area is 163 Å². The molecule has 2 aromatic rings. The summed E-state index contributed by atoms with van der Waals surface area (Å²) in [6, 6.07) is 3.33. The van der Waals surface area contributed by atoms with Gasteiger partial charge in [-0.05, 0) is 31.5 Å². The van der Waals surface area contributed by atoms with Gasteiger partial charge in [-0.15, -0.1) is 0 Å². The van der Waals surface area contributed by atoms with Crippen molar-refractivity contribution < 1.29 is 18.0 Å². The normalized spacial score (nSPS) is 19.6. The molecule has 2 N–H and O–H groups in total. The van der Waals surface area contributed by atoms with Gasteiger partial charge in [0.15, 0.2) is 11.7 Å². The minimum Gasteiger partial charge on any atom is -0.363 e. The molecular weight excluding hydrogens is 404 g/mol. The number of nitrogens with one attached hydrogen (secondary N) is 2. The summed E-state index contributed by atoms with van der Waals surface area (Å²) in [5.74, 6) is -0.408. The van der Waals surface area contributed by atoms with Crippen molar-refractivity contribution in [1.29, 1.82) is 0 Å².